The zero-order valence-electron chi connectivity index (χ0n) is 8.99. The van der Waals surface area contributed by atoms with E-state index in [1.165, 1.54) is 17.3 Å². The van der Waals surface area contributed by atoms with E-state index in [9.17, 15) is 0 Å². The Labute approximate surface area is 92.3 Å². The summed E-state index contributed by atoms with van der Waals surface area (Å²) in [5.41, 5.74) is 11.5. The number of hydrogen-bond acceptors (Lipinski definition) is 8. The van der Waals surface area contributed by atoms with Crippen molar-refractivity contribution in [1.82, 2.24) is 9.97 Å². The highest BCUT2D eigenvalue weighted by atomic mass is 16.4. The molecule has 5 N–H and O–H groups in total. The molecular weight excluding hydrogens is 210 g/mol. The second-order valence-corrected chi connectivity index (χ2v) is 3.02. The van der Waals surface area contributed by atoms with Gasteiger partial charge in [-0.2, -0.15) is 15.1 Å². The maximum absolute atomic E-state index is 8.31. The van der Waals surface area contributed by atoms with Crippen LogP contribution < -0.4 is 16.5 Å². The highest BCUT2D eigenvalue weighted by Crippen LogP contribution is 2.13. The van der Waals surface area contributed by atoms with Crippen molar-refractivity contribution >= 4 is 29.5 Å². The fourth-order valence-electron chi connectivity index (χ4n) is 1.03. The van der Waals surface area contributed by atoms with E-state index in [0.29, 0.717) is 11.5 Å². The molecule has 8 heteroatoms. The van der Waals surface area contributed by atoms with Crippen LogP contribution in [0.2, 0.25) is 0 Å². The van der Waals surface area contributed by atoms with Gasteiger partial charge in [0.2, 0.25) is 5.95 Å². The van der Waals surface area contributed by atoms with E-state index in [4.69, 9.17) is 16.7 Å². The van der Waals surface area contributed by atoms with Gasteiger partial charge >= 0.3 is 0 Å². The third-order valence-corrected chi connectivity index (χ3v) is 1.63. The number of nitrogens with zero attached hydrogens (tertiary/aromatic N) is 5. The van der Waals surface area contributed by atoms with Gasteiger partial charge in [0, 0.05) is 13.1 Å². The Kier molecular flexibility index (Phi) is 3.59. The highest BCUT2D eigenvalue weighted by molar-refractivity contribution is 6.29. The number of aromatic nitrogens is 2. The zero-order chi connectivity index (χ0) is 12.1. The van der Waals surface area contributed by atoms with Gasteiger partial charge in [0.15, 0.2) is 5.82 Å². The largest absolute Gasteiger partial charge is 0.411 e. The molecule has 1 rings (SSSR count). The van der Waals surface area contributed by atoms with Gasteiger partial charge in [0.05, 0.1) is 11.9 Å². The molecule has 1 heterocycles. The van der Waals surface area contributed by atoms with Gasteiger partial charge in [0.1, 0.15) is 5.82 Å². The number of oxime groups is 1. The van der Waals surface area contributed by atoms with Crippen molar-refractivity contribution in [3.8, 4) is 0 Å². The number of rotatable bonds is 3. The SMILES string of the molecule is CC(C=NO)=NN(C)c1cc(N)nc(N)n1. The number of hydrogen-bond donors (Lipinski definition) is 3. The fraction of sp³-hybridized carbons (Fsp3) is 0.250. The Hall–Kier alpha value is -2.38. The quantitative estimate of drug-likeness (QED) is 0.373. The molecule has 0 radical (unpaired) electrons. The van der Waals surface area contributed by atoms with Crippen LogP contribution in [0.1, 0.15) is 6.92 Å². The van der Waals surface area contributed by atoms with Crippen molar-refractivity contribution in [2.24, 2.45) is 10.3 Å². The molecule has 86 valence electrons. The molecule has 0 fully saturated rings. The fourth-order valence-corrected chi connectivity index (χ4v) is 1.03. The van der Waals surface area contributed by atoms with Crippen molar-refractivity contribution in [2.45, 2.75) is 6.92 Å². The Balaban J connectivity index is 2.96. The van der Waals surface area contributed by atoms with Gasteiger partial charge in [-0.15, -0.1) is 0 Å². The third kappa shape index (κ3) is 3.08. The predicted molar refractivity (Wildman–Crippen MR) is 62.6 cm³/mol. The van der Waals surface area contributed by atoms with Crippen LogP contribution in [0.15, 0.2) is 16.3 Å². The molecule has 0 aromatic carbocycles. The maximum atomic E-state index is 8.31. The topological polar surface area (TPSA) is 126 Å². The molecule has 0 atom stereocenters. The van der Waals surface area contributed by atoms with Gasteiger partial charge in [-0.1, -0.05) is 5.16 Å². The van der Waals surface area contributed by atoms with Crippen LogP contribution in [0.4, 0.5) is 17.6 Å². The van der Waals surface area contributed by atoms with Gasteiger partial charge in [0.25, 0.3) is 0 Å². The normalized spacial score (nSPS) is 12.0. The summed E-state index contributed by atoms with van der Waals surface area (Å²) in [5, 5.41) is 16.7. The van der Waals surface area contributed by atoms with E-state index in [1.54, 1.807) is 14.0 Å². The van der Waals surface area contributed by atoms with E-state index in [1.807, 2.05) is 0 Å². The van der Waals surface area contributed by atoms with Crippen molar-refractivity contribution in [2.75, 3.05) is 23.5 Å². The molecule has 1 aromatic rings. The second kappa shape index (κ2) is 4.91. The lowest BCUT2D eigenvalue weighted by atomic mass is 10.5. The molecule has 8 nitrogen and oxygen atoms in total. The summed E-state index contributed by atoms with van der Waals surface area (Å²) in [6, 6.07) is 1.53. The first-order valence-electron chi connectivity index (χ1n) is 4.39. The average Bonchev–Trinajstić information content (AvgIpc) is 2.16. The Morgan fingerprint density at radius 2 is 2.19 bits per heavy atom. The molecule has 0 aliphatic heterocycles. The minimum absolute atomic E-state index is 0.0746. The summed E-state index contributed by atoms with van der Waals surface area (Å²) in [6.07, 6.45) is 1.20. The van der Waals surface area contributed by atoms with Gasteiger partial charge < -0.3 is 16.7 Å². The van der Waals surface area contributed by atoms with E-state index in [-0.39, 0.29) is 11.8 Å². The first-order chi connectivity index (χ1) is 7.52. The van der Waals surface area contributed by atoms with Gasteiger partial charge in [-0.3, -0.25) is 5.01 Å². The molecule has 0 spiro atoms. The van der Waals surface area contributed by atoms with E-state index in [2.05, 4.69) is 20.2 Å². The summed E-state index contributed by atoms with van der Waals surface area (Å²) in [7, 11) is 1.66. The van der Waals surface area contributed by atoms with Crippen LogP contribution in [0.5, 0.6) is 0 Å². The van der Waals surface area contributed by atoms with Crippen LogP contribution in [-0.2, 0) is 0 Å². The average molecular weight is 223 g/mol. The molecule has 0 saturated heterocycles. The van der Waals surface area contributed by atoms with E-state index < -0.39 is 0 Å². The zero-order valence-corrected chi connectivity index (χ0v) is 8.99. The lowest BCUT2D eigenvalue weighted by molar-refractivity contribution is 0.322. The van der Waals surface area contributed by atoms with Crippen molar-refractivity contribution < 1.29 is 5.21 Å². The minimum Gasteiger partial charge on any atom is -0.411 e. The van der Waals surface area contributed by atoms with Gasteiger partial charge in [-0.05, 0) is 6.92 Å². The molecule has 1 aromatic heterocycles. The molecular formula is C8H13N7O. The van der Waals surface area contributed by atoms with E-state index >= 15 is 0 Å². The summed E-state index contributed by atoms with van der Waals surface area (Å²) >= 11 is 0. The molecule has 0 bridgehead atoms. The Morgan fingerprint density at radius 1 is 1.50 bits per heavy atom. The second-order valence-electron chi connectivity index (χ2n) is 3.02. The maximum Gasteiger partial charge on any atom is 0.223 e. The Morgan fingerprint density at radius 3 is 2.75 bits per heavy atom. The lowest BCUT2D eigenvalue weighted by Crippen LogP contribution is -2.15. The minimum atomic E-state index is 0.0746. The molecule has 0 aliphatic carbocycles. The number of nitrogen functional groups attached to an aromatic ring is 2. The monoisotopic (exact) mass is 223 g/mol. The summed E-state index contributed by atoms with van der Waals surface area (Å²) in [4.78, 5) is 7.68. The number of anilines is 3. The predicted octanol–water partition coefficient (Wildman–Crippen LogP) is -0.0869. The van der Waals surface area contributed by atoms with Gasteiger partial charge in [-0.25, -0.2) is 0 Å². The number of nitrogens with two attached hydrogens (primary N) is 2. The van der Waals surface area contributed by atoms with Crippen LogP contribution in [0.25, 0.3) is 0 Å². The molecule has 0 saturated carbocycles. The van der Waals surface area contributed by atoms with Crippen molar-refractivity contribution in [3.63, 3.8) is 0 Å². The molecule has 0 amide bonds. The lowest BCUT2D eigenvalue weighted by Gasteiger charge is -2.12. The van der Waals surface area contributed by atoms with Crippen LogP contribution in [0.3, 0.4) is 0 Å². The highest BCUT2D eigenvalue weighted by Gasteiger charge is 2.04. The van der Waals surface area contributed by atoms with Crippen LogP contribution in [-0.4, -0.2) is 34.1 Å². The molecule has 0 unspecified atom stereocenters. The smallest absolute Gasteiger partial charge is 0.223 e. The standard InChI is InChI=1S/C8H13N7O/c1-5(4-11-16)14-15(2)7-3-6(9)12-8(10)13-7/h3-4,16H,1-2H3,(H4,9,10,12,13). The first kappa shape index (κ1) is 11.7. The summed E-state index contributed by atoms with van der Waals surface area (Å²) in [6.45, 7) is 1.67. The summed E-state index contributed by atoms with van der Waals surface area (Å²) in [5.74, 6) is 0.791. The summed E-state index contributed by atoms with van der Waals surface area (Å²) < 4.78 is 0. The third-order valence-electron chi connectivity index (χ3n) is 1.63. The van der Waals surface area contributed by atoms with Crippen LogP contribution >= 0.6 is 0 Å². The van der Waals surface area contributed by atoms with Crippen LogP contribution in [0, 0.1) is 0 Å². The van der Waals surface area contributed by atoms with Crippen molar-refractivity contribution in [1.29, 1.82) is 0 Å². The molecule has 0 aliphatic rings. The van der Waals surface area contributed by atoms with Crippen molar-refractivity contribution in [3.05, 3.63) is 6.07 Å². The number of hydrazone groups is 1. The Bertz CT molecular complexity index is 408. The first-order valence-corrected chi connectivity index (χ1v) is 4.39. The molecule has 16 heavy (non-hydrogen) atoms. The van der Waals surface area contributed by atoms with E-state index in [0.717, 1.165) is 0 Å².